The van der Waals surface area contributed by atoms with Gasteiger partial charge >= 0.3 is 0 Å². The van der Waals surface area contributed by atoms with Crippen LogP contribution in [0.5, 0.6) is 0 Å². The third kappa shape index (κ3) is 3.15. The molecule has 26 heavy (non-hydrogen) atoms. The van der Waals surface area contributed by atoms with E-state index in [0.29, 0.717) is 12.5 Å². The van der Waals surface area contributed by atoms with Gasteiger partial charge < -0.3 is 15.2 Å². The molecule has 3 aromatic rings. The average Bonchev–Trinajstić information content (AvgIpc) is 2.94. The lowest BCUT2D eigenvalue weighted by Crippen LogP contribution is -2.28. The van der Waals surface area contributed by atoms with Gasteiger partial charge in [0.1, 0.15) is 0 Å². The molecule has 0 bridgehead atoms. The van der Waals surface area contributed by atoms with Gasteiger partial charge in [-0.3, -0.25) is 4.98 Å². The van der Waals surface area contributed by atoms with Gasteiger partial charge in [0.25, 0.3) is 0 Å². The first-order valence-corrected chi connectivity index (χ1v) is 9.56. The first kappa shape index (κ1) is 17.3. The van der Waals surface area contributed by atoms with Crippen LogP contribution in [0.4, 0.5) is 0 Å². The molecule has 4 heteroatoms. The lowest BCUT2D eigenvalue weighted by atomic mass is 9.96. The Bertz CT molecular complexity index is 897. The Morgan fingerprint density at radius 3 is 2.77 bits per heavy atom. The maximum absolute atomic E-state index is 5.95. The highest BCUT2D eigenvalue weighted by Crippen LogP contribution is 2.33. The number of hydrogen-bond acceptors (Lipinski definition) is 3. The molecule has 1 aliphatic heterocycles. The van der Waals surface area contributed by atoms with Gasteiger partial charge in [0.2, 0.25) is 0 Å². The molecule has 136 valence electrons. The third-order valence-corrected chi connectivity index (χ3v) is 5.70. The smallest absolute Gasteiger partial charge is 0.0486 e. The van der Waals surface area contributed by atoms with Crippen LogP contribution in [0.25, 0.3) is 10.9 Å². The van der Waals surface area contributed by atoms with E-state index in [1.807, 2.05) is 12.4 Å². The number of rotatable bonds is 5. The van der Waals surface area contributed by atoms with Crippen LogP contribution in [-0.2, 0) is 19.5 Å². The van der Waals surface area contributed by atoms with E-state index in [1.165, 1.54) is 33.3 Å². The quantitative estimate of drug-likeness (QED) is 0.768. The SMILES string of the molecule is Cc1ccc2c(c1)c1c(n2CC(CCN)c2ccncc2)CCN(C)C1. The van der Waals surface area contributed by atoms with Crippen LogP contribution in [0.2, 0.25) is 0 Å². The fourth-order valence-electron chi connectivity index (χ4n) is 4.33. The van der Waals surface area contributed by atoms with Crippen molar-refractivity contribution in [2.45, 2.75) is 38.8 Å². The third-order valence-electron chi connectivity index (χ3n) is 5.70. The van der Waals surface area contributed by atoms with Crippen LogP contribution in [0.3, 0.4) is 0 Å². The average molecular weight is 348 g/mol. The van der Waals surface area contributed by atoms with E-state index in [4.69, 9.17) is 5.73 Å². The van der Waals surface area contributed by atoms with Crippen molar-refractivity contribution in [1.82, 2.24) is 14.5 Å². The molecule has 0 aliphatic carbocycles. The minimum atomic E-state index is 0.420. The molecule has 0 spiro atoms. The molecule has 2 N–H and O–H groups in total. The summed E-state index contributed by atoms with van der Waals surface area (Å²) in [5.41, 5.74) is 13.0. The first-order valence-electron chi connectivity index (χ1n) is 9.56. The second kappa shape index (κ2) is 7.22. The summed E-state index contributed by atoms with van der Waals surface area (Å²) < 4.78 is 2.57. The van der Waals surface area contributed by atoms with Crippen LogP contribution in [0.1, 0.15) is 34.7 Å². The number of hydrogen-bond donors (Lipinski definition) is 1. The maximum atomic E-state index is 5.95. The Balaban J connectivity index is 1.80. The van der Waals surface area contributed by atoms with Crippen molar-refractivity contribution in [2.75, 3.05) is 20.1 Å². The number of nitrogens with two attached hydrogens (primary N) is 1. The zero-order chi connectivity index (χ0) is 18.1. The highest BCUT2D eigenvalue weighted by Gasteiger charge is 2.24. The largest absolute Gasteiger partial charge is 0.344 e. The number of fused-ring (bicyclic) bond motifs is 3. The summed E-state index contributed by atoms with van der Waals surface area (Å²) in [6.45, 7) is 6.04. The van der Waals surface area contributed by atoms with E-state index in [1.54, 1.807) is 0 Å². The summed E-state index contributed by atoms with van der Waals surface area (Å²) in [7, 11) is 2.22. The second-order valence-corrected chi connectivity index (χ2v) is 7.60. The van der Waals surface area contributed by atoms with E-state index in [2.05, 4.69) is 58.8 Å². The molecule has 0 saturated carbocycles. The molecule has 4 nitrogen and oxygen atoms in total. The van der Waals surface area contributed by atoms with Crippen molar-refractivity contribution in [1.29, 1.82) is 0 Å². The van der Waals surface area contributed by atoms with Crippen molar-refractivity contribution in [3.05, 3.63) is 65.1 Å². The Labute approximate surface area is 155 Å². The van der Waals surface area contributed by atoms with Crippen LogP contribution >= 0.6 is 0 Å². The number of benzene rings is 1. The lowest BCUT2D eigenvalue weighted by Gasteiger charge is -2.26. The van der Waals surface area contributed by atoms with Crippen molar-refractivity contribution < 1.29 is 0 Å². The van der Waals surface area contributed by atoms with Gasteiger partial charge in [-0.15, -0.1) is 0 Å². The molecule has 1 unspecified atom stereocenters. The molecule has 1 aliphatic rings. The first-order chi connectivity index (χ1) is 12.7. The van der Waals surface area contributed by atoms with E-state index >= 15 is 0 Å². The second-order valence-electron chi connectivity index (χ2n) is 7.60. The number of pyridine rings is 1. The molecule has 1 aromatic carbocycles. The Morgan fingerprint density at radius 2 is 2.00 bits per heavy atom. The predicted octanol–water partition coefficient (Wildman–Crippen LogP) is 3.47. The monoisotopic (exact) mass is 348 g/mol. The Kier molecular flexibility index (Phi) is 4.79. The number of aromatic nitrogens is 2. The lowest BCUT2D eigenvalue weighted by molar-refractivity contribution is 0.308. The van der Waals surface area contributed by atoms with Gasteiger partial charge in [0.15, 0.2) is 0 Å². The van der Waals surface area contributed by atoms with Crippen molar-refractivity contribution in [2.24, 2.45) is 5.73 Å². The highest BCUT2D eigenvalue weighted by atomic mass is 15.1. The molecular formula is C22H28N4. The van der Waals surface area contributed by atoms with Gasteiger partial charge in [-0.25, -0.2) is 0 Å². The summed E-state index contributed by atoms with van der Waals surface area (Å²) >= 11 is 0. The minimum Gasteiger partial charge on any atom is -0.344 e. The van der Waals surface area contributed by atoms with Gasteiger partial charge in [-0.2, -0.15) is 0 Å². The van der Waals surface area contributed by atoms with Gasteiger partial charge in [0, 0.05) is 61.0 Å². The van der Waals surface area contributed by atoms with E-state index in [-0.39, 0.29) is 0 Å². The fourth-order valence-corrected chi connectivity index (χ4v) is 4.33. The standard InChI is InChI=1S/C22H28N4/c1-16-3-4-21-19(13-16)20-15-25(2)12-8-22(20)26(21)14-18(5-9-23)17-6-10-24-11-7-17/h3-4,6-7,10-11,13,18H,5,8-9,12,14-15,23H2,1-2H3. The van der Waals surface area contributed by atoms with Gasteiger partial charge in [-0.1, -0.05) is 11.6 Å². The predicted molar refractivity (Wildman–Crippen MR) is 107 cm³/mol. The molecule has 4 rings (SSSR count). The van der Waals surface area contributed by atoms with Crippen LogP contribution in [-0.4, -0.2) is 34.6 Å². The van der Waals surface area contributed by atoms with Crippen molar-refractivity contribution >= 4 is 10.9 Å². The molecule has 1 atom stereocenters. The van der Waals surface area contributed by atoms with Gasteiger partial charge in [0.05, 0.1) is 0 Å². The zero-order valence-electron chi connectivity index (χ0n) is 15.8. The molecule has 2 aromatic heterocycles. The van der Waals surface area contributed by atoms with Crippen LogP contribution in [0, 0.1) is 6.92 Å². The summed E-state index contributed by atoms with van der Waals surface area (Å²) in [6.07, 6.45) is 5.89. The topological polar surface area (TPSA) is 47.1 Å². The highest BCUT2D eigenvalue weighted by molar-refractivity contribution is 5.86. The summed E-state index contributed by atoms with van der Waals surface area (Å²) in [5, 5.41) is 1.42. The minimum absolute atomic E-state index is 0.420. The van der Waals surface area contributed by atoms with Crippen LogP contribution in [0.15, 0.2) is 42.7 Å². The molecule has 0 amide bonds. The number of aryl methyl sites for hydroxylation is 1. The molecule has 3 heterocycles. The molecule has 0 radical (unpaired) electrons. The van der Waals surface area contributed by atoms with E-state index in [9.17, 15) is 0 Å². The maximum Gasteiger partial charge on any atom is 0.0486 e. The molecule has 0 fully saturated rings. The molecular weight excluding hydrogens is 320 g/mol. The Morgan fingerprint density at radius 1 is 1.19 bits per heavy atom. The summed E-state index contributed by atoms with van der Waals surface area (Å²) in [6, 6.07) is 11.2. The fraction of sp³-hybridized carbons (Fsp3) is 0.409. The van der Waals surface area contributed by atoms with E-state index in [0.717, 1.165) is 32.5 Å². The van der Waals surface area contributed by atoms with Crippen LogP contribution < -0.4 is 5.73 Å². The number of nitrogens with zero attached hydrogens (tertiary/aromatic N) is 3. The normalized spacial score (nSPS) is 16.0. The Hall–Kier alpha value is -2.17. The van der Waals surface area contributed by atoms with Crippen molar-refractivity contribution in [3.63, 3.8) is 0 Å². The van der Waals surface area contributed by atoms with Crippen molar-refractivity contribution in [3.8, 4) is 0 Å². The zero-order valence-corrected chi connectivity index (χ0v) is 15.8. The van der Waals surface area contributed by atoms with Gasteiger partial charge in [-0.05, 0) is 62.3 Å². The number of likely N-dealkylation sites (N-methyl/N-ethyl adjacent to an activating group) is 1. The summed E-state index contributed by atoms with van der Waals surface area (Å²) in [5.74, 6) is 0.420. The van der Waals surface area contributed by atoms with E-state index < -0.39 is 0 Å². The molecule has 0 saturated heterocycles. The summed E-state index contributed by atoms with van der Waals surface area (Å²) in [4.78, 5) is 6.60.